The minimum atomic E-state index is -0.657. The third kappa shape index (κ3) is 3.90. The Hall–Kier alpha value is -1.77. The zero-order valence-corrected chi connectivity index (χ0v) is 14.3. The van der Waals surface area contributed by atoms with Crippen LogP contribution in [0.5, 0.6) is 0 Å². The van der Waals surface area contributed by atoms with Gasteiger partial charge < -0.3 is 5.32 Å². The molecule has 1 aromatic carbocycles. The van der Waals surface area contributed by atoms with E-state index >= 15 is 0 Å². The number of urea groups is 1. The maximum absolute atomic E-state index is 11.9. The molecule has 1 heterocycles. The third-order valence-electron chi connectivity index (χ3n) is 2.58. The number of carbonyl (C=O) groups is 2. The number of aryl methyl sites for hydroxylation is 1. The molecule has 0 saturated carbocycles. The number of aromatic nitrogens is 2. The third-order valence-corrected chi connectivity index (χ3v) is 3.66. The molecule has 2 rings (SSSR count). The van der Waals surface area contributed by atoms with Crippen LogP contribution in [0.2, 0.25) is 10.0 Å². The molecule has 116 valence electrons. The normalized spacial score (nSPS) is 10.2. The van der Waals surface area contributed by atoms with Crippen molar-refractivity contribution in [3.8, 4) is 0 Å². The van der Waals surface area contributed by atoms with E-state index in [0.717, 1.165) is 4.47 Å². The Labute approximate surface area is 144 Å². The second kappa shape index (κ2) is 6.99. The van der Waals surface area contributed by atoms with Gasteiger partial charge in [0.1, 0.15) is 5.69 Å². The van der Waals surface area contributed by atoms with E-state index in [4.69, 9.17) is 23.2 Å². The molecule has 3 N–H and O–H groups in total. The largest absolute Gasteiger partial charge is 0.337 e. The van der Waals surface area contributed by atoms with Crippen molar-refractivity contribution in [2.24, 2.45) is 7.05 Å². The SMILES string of the molecule is Cn1ncc(Cl)c1C(=O)NNC(=O)Nc1ccc(Br)cc1Cl. The number of carbonyl (C=O) groups excluding carboxylic acids is 2. The molecule has 22 heavy (non-hydrogen) atoms. The molecular weight excluding hydrogens is 397 g/mol. The highest BCUT2D eigenvalue weighted by molar-refractivity contribution is 9.10. The van der Waals surface area contributed by atoms with Crippen molar-refractivity contribution in [1.82, 2.24) is 20.6 Å². The van der Waals surface area contributed by atoms with Crippen LogP contribution < -0.4 is 16.2 Å². The monoisotopic (exact) mass is 405 g/mol. The van der Waals surface area contributed by atoms with Gasteiger partial charge in [-0.2, -0.15) is 5.10 Å². The van der Waals surface area contributed by atoms with Crippen molar-refractivity contribution in [2.45, 2.75) is 0 Å². The van der Waals surface area contributed by atoms with Gasteiger partial charge >= 0.3 is 6.03 Å². The standard InChI is InChI=1S/C12H10BrCl2N5O2/c1-20-10(8(15)5-16-20)11(21)18-19-12(22)17-9-3-2-6(13)4-7(9)14/h2-5H,1H3,(H,18,21)(H2,17,19,22). The number of hydrazine groups is 1. The van der Waals surface area contributed by atoms with Gasteiger partial charge in [-0.1, -0.05) is 39.1 Å². The minimum Gasteiger partial charge on any atom is -0.305 e. The van der Waals surface area contributed by atoms with Crippen LogP contribution in [0.25, 0.3) is 0 Å². The number of rotatable bonds is 2. The second-order valence-electron chi connectivity index (χ2n) is 4.12. The van der Waals surface area contributed by atoms with Crippen LogP contribution in [0, 0.1) is 0 Å². The molecule has 0 aliphatic carbocycles. The molecule has 0 radical (unpaired) electrons. The first-order valence-corrected chi connectivity index (χ1v) is 7.43. The molecule has 0 aliphatic heterocycles. The molecule has 0 spiro atoms. The minimum absolute atomic E-state index is 0.128. The highest BCUT2D eigenvalue weighted by Gasteiger charge is 2.16. The van der Waals surface area contributed by atoms with Crippen LogP contribution >= 0.6 is 39.1 Å². The summed E-state index contributed by atoms with van der Waals surface area (Å²) in [5.41, 5.74) is 4.94. The van der Waals surface area contributed by atoms with Crippen molar-refractivity contribution in [3.05, 3.63) is 44.6 Å². The molecule has 0 saturated heterocycles. The summed E-state index contributed by atoms with van der Waals surface area (Å²) in [6.07, 6.45) is 1.33. The lowest BCUT2D eigenvalue weighted by Gasteiger charge is -2.10. The van der Waals surface area contributed by atoms with E-state index in [1.165, 1.54) is 10.9 Å². The van der Waals surface area contributed by atoms with Gasteiger partial charge in [0.2, 0.25) is 0 Å². The van der Waals surface area contributed by atoms with Crippen molar-refractivity contribution < 1.29 is 9.59 Å². The Bertz CT molecular complexity index is 715. The Morgan fingerprint density at radius 3 is 2.55 bits per heavy atom. The smallest absolute Gasteiger partial charge is 0.305 e. The molecule has 1 aromatic heterocycles. The Morgan fingerprint density at radius 2 is 1.95 bits per heavy atom. The fourth-order valence-corrected chi connectivity index (χ4v) is 2.56. The van der Waals surface area contributed by atoms with Crippen molar-refractivity contribution in [2.75, 3.05) is 5.32 Å². The quantitative estimate of drug-likeness (QED) is 0.670. The average molecular weight is 407 g/mol. The van der Waals surface area contributed by atoms with Gasteiger partial charge in [0, 0.05) is 11.5 Å². The van der Waals surface area contributed by atoms with E-state index < -0.39 is 11.9 Å². The van der Waals surface area contributed by atoms with Gasteiger partial charge in [0.15, 0.2) is 0 Å². The van der Waals surface area contributed by atoms with E-state index in [1.807, 2.05) is 0 Å². The molecule has 0 fully saturated rings. The number of nitrogens with zero attached hydrogens (tertiary/aromatic N) is 2. The molecular formula is C12H10BrCl2N5O2. The average Bonchev–Trinajstić information content (AvgIpc) is 2.79. The topological polar surface area (TPSA) is 88.1 Å². The number of halogens is 3. The van der Waals surface area contributed by atoms with Gasteiger partial charge in [-0.15, -0.1) is 0 Å². The van der Waals surface area contributed by atoms with Crippen LogP contribution in [-0.2, 0) is 7.05 Å². The molecule has 7 nitrogen and oxygen atoms in total. The summed E-state index contributed by atoms with van der Waals surface area (Å²) in [5.74, 6) is -0.595. The predicted octanol–water partition coefficient (Wildman–Crippen LogP) is 2.96. The van der Waals surface area contributed by atoms with E-state index in [2.05, 4.69) is 37.2 Å². The molecule has 3 amide bonds. The van der Waals surface area contributed by atoms with Gasteiger partial charge in [0.05, 0.1) is 21.9 Å². The number of amides is 3. The van der Waals surface area contributed by atoms with Crippen LogP contribution in [0.3, 0.4) is 0 Å². The molecule has 10 heteroatoms. The molecule has 2 aromatic rings. The maximum Gasteiger partial charge on any atom is 0.337 e. The molecule has 0 atom stereocenters. The Balaban J connectivity index is 1.94. The lowest BCUT2D eigenvalue weighted by atomic mass is 10.3. The molecule has 0 aliphatic rings. The van der Waals surface area contributed by atoms with Crippen molar-refractivity contribution >= 4 is 56.8 Å². The van der Waals surface area contributed by atoms with E-state index in [-0.39, 0.29) is 10.7 Å². The summed E-state index contributed by atoms with van der Waals surface area (Å²) in [6.45, 7) is 0. The summed E-state index contributed by atoms with van der Waals surface area (Å²) in [5, 5.41) is 6.85. The first-order chi connectivity index (χ1) is 10.4. The summed E-state index contributed by atoms with van der Waals surface area (Å²) in [6, 6.07) is 4.31. The first-order valence-electron chi connectivity index (χ1n) is 5.88. The Morgan fingerprint density at radius 1 is 1.23 bits per heavy atom. The van der Waals surface area contributed by atoms with E-state index in [0.29, 0.717) is 10.7 Å². The van der Waals surface area contributed by atoms with Crippen LogP contribution in [0.4, 0.5) is 10.5 Å². The van der Waals surface area contributed by atoms with E-state index in [1.54, 1.807) is 25.2 Å². The van der Waals surface area contributed by atoms with Gasteiger partial charge in [-0.25, -0.2) is 10.2 Å². The number of nitrogens with one attached hydrogen (secondary N) is 3. The van der Waals surface area contributed by atoms with Crippen molar-refractivity contribution in [3.63, 3.8) is 0 Å². The number of hydrogen-bond acceptors (Lipinski definition) is 3. The van der Waals surface area contributed by atoms with E-state index in [9.17, 15) is 9.59 Å². The van der Waals surface area contributed by atoms with Gasteiger partial charge in [-0.05, 0) is 18.2 Å². The zero-order valence-electron chi connectivity index (χ0n) is 11.2. The van der Waals surface area contributed by atoms with Crippen molar-refractivity contribution in [1.29, 1.82) is 0 Å². The lowest BCUT2D eigenvalue weighted by Crippen LogP contribution is -2.44. The highest BCUT2D eigenvalue weighted by Crippen LogP contribution is 2.25. The molecule has 0 unspecified atom stereocenters. The fourth-order valence-electron chi connectivity index (χ4n) is 1.58. The van der Waals surface area contributed by atoms with Crippen LogP contribution in [0.15, 0.2) is 28.9 Å². The lowest BCUT2D eigenvalue weighted by molar-refractivity contribution is 0.0928. The van der Waals surface area contributed by atoms with Gasteiger partial charge in [0.25, 0.3) is 5.91 Å². The first kappa shape index (κ1) is 16.6. The fraction of sp³-hybridized carbons (Fsp3) is 0.0833. The highest BCUT2D eigenvalue weighted by atomic mass is 79.9. The second-order valence-corrected chi connectivity index (χ2v) is 5.85. The zero-order chi connectivity index (χ0) is 16.3. The maximum atomic E-state index is 11.9. The Kier molecular flexibility index (Phi) is 5.28. The van der Waals surface area contributed by atoms with Gasteiger partial charge in [-0.3, -0.25) is 14.9 Å². The summed E-state index contributed by atoms with van der Waals surface area (Å²) < 4.78 is 2.07. The number of hydrogen-bond donors (Lipinski definition) is 3. The van der Waals surface area contributed by atoms with Crippen LogP contribution in [0.1, 0.15) is 10.5 Å². The molecule has 0 bridgehead atoms. The number of benzene rings is 1. The summed E-state index contributed by atoms with van der Waals surface area (Å²) in [4.78, 5) is 23.6. The van der Waals surface area contributed by atoms with Crippen LogP contribution in [-0.4, -0.2) is 21.7 Å². The summed E-state index contributed by atoms with van der Waals surface area (Å²) >= 11 is 15.1. The number of anilines is 1. The summed E-state index contributed by atoms with van der Waals surface area (Å²) in [7, 11) is 1.56. The predicted molar refractivity (Wildman–Crippen MR) is 87.0 cm³/mol.